The molecule has 0 aromatic rings. The molecule has 1 aliphatic carbocycles. The third-order valence-electron chi connectivity index (χ3n) is 3.55. The predicted octanol–water partition coefficient (Wildman–Crippen LogP) is 4.73. The van der Waals surface area contributed by atoms with Crippen molar-refractivity contribution in [1.82, 2.24) is 0 Å². The van der Waals surface area contributed by atoms with Crippen molar-refractivity contribution in [2.24, 2.45) is 0 Å². The van der Waals surface area contributed by atoms with Gasteiger partial charge in [-0.1, -0.05) is 6.92 Å². The van der Waals surface area contributed by atoms with E-state index in [0.29, 0.717) is 0 Å². The maximum Gasteiger partial charge on any atom is 0.509 e. The Morgan fingerprint density at radius 1 is 1.17 bits per heavy atom. The van der Waals surface area contributed by atoms with E-state index in [0.717, 1.165) is 6.92 Å². The van der Waals surface area contributed by atoms with Crippen LogP contribution in [0.1, 0.15) is 40.5 Å². The van der Waals surface area contributed by atoms with E-state index in [4.69, 9.17) is 0 Å². The first-order chi connectivity index (χ1) is 10.0. The lowest BCUT2D eigenvalue weighted by atomic mass is 9.95. The lowest BCUT2D eigenvalue weighted by molar-refractivity contribution is -0.329. The number of rotatable bonds is 2. The largest absolute Gasteiger partial charge is 0.509 e. The highest BCUT2D eigenvalue weighted by molar-refractivity contribution is 5.62. The predicted molar refractivity (Wildman–Crippen MR) is 64.7 cm³/mol. The monoisotopic (exact) mass is 354 g/mol. The molecule has 0 aromatic heterocycles. The molecule has 3 nitrogen and oxygen atoms in total. The molecule has 3 unspecified atom stereocenters. The molecule has 0 amide bonds. The van der Waals surface area contributed by atoms with E-state index < -0.39 is 54.1 Å². The molecule has 136 valence electrons. The van der Waals surface area contributed by atoms with Crippen molar-refractivity contribution >= 4 is 6.16 Å². The van der Waals surface area contributed by atoms with Gasteiger partial charge in [0.05, 0.1) is 0 Å². The van der Waals surface area contributed by atoms with Crippen molar-refractivity contribution in [3.63, 3.8) is 0 Å². The summed E-state index contributed by atoms with van der Waals surface area (Å²) in [5.74, 6) is -5.30. The molecule has 0 saturated heterocycles. The van der Waals surface area contributed by atoms with E-state index in [9.17, 15) is 35.5 Å². The Balaban J connectivity index is 3.33. The SMILES string of the molecule is CCC1(F)CC(OC(=O)OC(C)(C)C)(C(F)(F)F)C(F)(F)C1F. The Labute approximate surface area is 128 Å². The maximum atomic E-state index is 14.2. The van der Waals surface area contributed by atoms with Crippen molar-refractivity contribution in [2.75, 3.05) is 0 Å². The van der Waals surface area contributed by atoms with Crippen molar-refractivity contribution in [2.45, 2.75) is 75.7 Å². The molecule has 1 saturated carbocycles. The van der Waals surface area contributed by atoms with Crippen LogP contribution in [-0.2, 0) is 9.47 Å². The number of ether oxygens (including phenoxy) is 2. The van der Waals surface area contributed by atoms with Gasteiger partial charge in [-0.25, -0.2) is 13.6 Å². The molecule has 0 aliphatic heterocycles. The molecule has 0 bridgehead atoms. The zero-order valence-electron chi connectivity index (χ0n) is 12.9. The molecule has 3 atom stereocenters. The molecule has 10 heteroatoms. The molecule has 23 heavy (non-hydrogen) atoms. The van der Waals surface area contributed by atoms with Crippen LogP contribution in [0.5, 0.6) is 0 Å². The molecular formula is C13H17F7O3. The highest BCUT2D eigenvalue weighted by Gasteiger charge is 2.85. The van der Waals surface area contributed by atoms with Gasteiger partial charge in [0.1, 0.15) is 5.60 Å². The number of hydrogen-bond donors (Lipinski definition) is 0. The zero-order valence-corrected chi connectivity index (χ0v) is 12.9. The number of hydrogen-bond acceptors (Lipinski definition) is 3. The first-order valence-corrected chi connectivity index (χ1v) is 6.72. The first-order valence-electron chi connectivity index (χ1n) is 6.72. The van der Waals surface area contributed by atoms with Crippen molar-refractivity contribution < 1.29 is 45.0 Å². The van der Waals surface area contributed by atoms with Gasteiger partial charge in [-0.15, -0.1) is 0 Å². The summed E-state index contributed by atoms with van der Waals surface area (Å²) in [5.41, 5.74) is -9.46. The van der Waals surface area contributed by atoms with Crippen LogP contribution in [0.4, 0.5) is 35.5 Å². The second kappa shape index (κ2) is 5.41. The fourth-order valence-electron chi connectivity index (χ4n) is 2.32. The third kappa shape index (κ3) is 3.21. The van der Waals surface area contributed by atoms with Gasteiger partial charge in [-0.2, -0.15) is 22.0 Å². The summed E-state index contributed by atoms with van der Waals surface area (Å²) in [6, 6.07) is 0. The van der Waals surface area contributed by atoms with Gasteiger partial charge < -0.3 is 9.47 Å². The quantitative estimate of drug-likeness (QED) is 0.531. The molecule has 1 fully saturated rings. The summed E-state index contributed by atoms with van der Waals surface area (Å²) in [6.45, 7) is 4.68. The topological polar surface area (TPSA) is 35.5 Å². The molecule has 0 radical (unpaired) electrons. The fraction of sp³-hybridized carbons (Fsp3) is 0.923. The fourth-order valence-corrected chi connectivity index (χ4v) is 2.32. The van der Waals surface area contributed by atoms with E-state index in [1.807, 2.05) is 0 Å². The first kappa shape index (κ1) is 19.8. The normalized spacial score (nSPS) is 34.3. The zero-order chi connectivity index (χ0) is 18.5. The molecule has 1 rings (SSSR count). The Hall–Kier alpha value is -1.22. The van der Waals surface area contributed by atoms with Crippen LogP contribution < -0.4 is 0 Å². The lowest BCUT2D eigenvalue weighted by Crippen LogP contribution is -2.60. The Bertz CT molecular complexity index is 471. The summed E-state index contributed by atoms with van der Waals surface area (Å²) < 4.78 is 104. The van der Waals surface area contributed by atoms with Crippen molar-refractivity contribution in [3.8, 4) is 0 Å². The van der Waals surface area contributed by atoms with Crippen LogP contribution in [0.3, 0.4) is 0 Å². The molecule has 0 spiro atoms. The summed E-state index contributed by atoms with van der Waals surface area (Å²) >= 11 is 0. The van der Waals surface area contributed by atoms with Gasteiger partial charge in [0.15, 0.2) is 5.67 Å². The van der Waals surface area contributed by atoms with Gasteiger partial charge in [-0.05, 0) is 27.2 Å². The number of carbonyl (C=O) groups is 1. The van der Waals surface area contributed by atoms with Crippen molar-refractivity contribution in [3.05, 3.63) is 0 Å². The molecule has 1 aliphatic rings. The van der Waals surface area contributed by atoms with Crippen LogP contribution in [0.25, 0.3) is 0 Å². The van der Waals surface area contributed by atoms with Crippen LogP contribution in [0.15, 0.2) is 0 Å². The minimum Gasteiger partial charge on any atom is -0.429 e. The number of alkyl halides is 7. The maximum absolute atomic E-state index is 14.2. The number of carbonyl (C=O) groups excluding carboxylic acids is 1. The highest BCUT2D eigenvalue weighted by Crippen LogP contribution is 2.61. The Morgan fingerprint density at radius 3 is 1.96 bits per heavy atom. The summed E-state index contributed by atoms with van der Waals surface area (Å²) in [6.07, 6.45) is -14.8. The second-order valence-corrected chi connectivity index (χ2v) is 6.44. The second-order valence-electron chi connectivity index (χ2n) is 6.44. The lowest BCUT2D eigenvalue weighted by Gasteiger charge is -2.36. The molecule has 0 N–H and O–H groups in total. The van der Waals surface area contributed by atoms with Gasteiger partial charge in [0.25, 0.3) is 5.60 Å². The van der Waals surface area contributed by atoms with Crippen LogP contribution in [0, 0.1) is 0 Å². The number of halogens is 7. The van der Waals surface area contributed by atoms with E-state index in [1.165, 1.54) is 20.8 Å². The Morgan fingerprint density at radius 2 is 1.65 bits per heavy atom. The molecule has 0 aromatic carbocycles. The average Bonchev–Trinajstić information content (AvgIpc) is 2.46. The highest BCUT2D eigenvalue weighted by atomic mass is 19.4. The van der Waals surface area contributed by atoms with Crippen LogP contribution in [-0.4, -0.2) is 41.3 Å². The van der Waals surface area contributed by atoms with Gasteiger partial charge in [-0.3, -0.25) is 0 Å². The third-order valence-corrected chi connectivity index (χ3v) is 3.55. The van der Waals surface area contributed by atoms with Gasteiger partial charge in [0.2, 0.25) is 6.17 Å². The minimum absolute atomic E-state index is 0.919. The van der Waals surface area contributed by atoms with Gasteiger partial charge >= 0.3 is 18.3 Å². The average molecular weight is 354 g/mol. The van der Waals surface area contributed by atoms with Gasteiger partial charge in [0, 0.05) is 6.42 Å². The minimum atomic E-state index is -5.90. The van der Waals surface area contributed by atoms with Crippen molar-refractivity contribution in [1.29, 1.82) is 0 Å². The van der Waals surface area contributed by atoms with E-state index in [-0.39, 0.29) is 0 Å². The standard InChI is InChI=1S/C13H17F7O3/c1-5-10(15)6-11(13(18,19)20,12(16,17)7(10)14)23-8(21)22-9(2,3)4/h7H,5-6H2,1-4H3. The summed E-state index contributed by atoms with van der Waals surface area (Å²) in [4.78, 5) is 11.4. The Kier molecular flexibility index (Phi) is 4.66. The summed E-state index contributed by atoms with van der Waals surface area (Å²) in [5, 5.41) is 0. The summed E-state index contributed by atoms with van der Waals surface area (Å²) in [7, 11) is 0. The molecular weight excluding hydrogens is 337 g/mol. The molecule has 0 heterocycles. The van der Waals surface area contributed by atoms with Crippen LogP contribution in [0.2, 0.25) is 0 Å². The van der Waals surface area contributed by atoms with Crippen LogP contribution >= 0.6 is 0 Å². The van der Waals surface area contributed by atoms with E-state index in [2.05, 4.69) is 9.47 Å². The van der Waals surface area contributed by atoms with E-state index in [1.54, 1.807) is 0 Å². The smallest absolute Gasteiger partial charge is 0.429 e. The van der Waals surface area contributed by atoms with E-state index >= 15 is 0 Å².